The normalized spacial score (nSPS) is 25.0. The Balaban J connectivity index is 2.07. The smallest absolute Gasteiger partial charge is 0.0480 e. The molecule has 2 atom stereocenters. The molecule has 80 valence electrons. The van der Waals surface area contributed by atoms with Crippen LogP contribution in [-0.2, 0) is 0 Å². The Hall–Kier alpha value is -0.823. The van der Waals surface area contributed by atoms with Crippen molar-refractivity contribution >= 4 is 13.6 Å². The van der Waals surface area contributed by atoms with Crippen LogP contribution >= 0.6 is 0 Å². The second-order valence-corrected chi connectivity index (χ2v) is 11.2. The number of hydrogen-bond donors (Lipinski definition) is 0. The fraction of sp³-hybridized carbons (Fsp3) is 0.429. The lowest BCUT2D eigenvalue weighted by molar-refractivity contribution is 1.13. The topological polar surface area (TPSA) is 0 Å². The Labute approximate surface area is 94.0 Å². The molecule has 1 aromatic rings. The van der Waals surface area contributed by atoms with Crippen molar-refractivity contribution in [3.8, 4) is 0 Å². The highest BCUT2D eigenvalue weighted by Crippen LogP contribution is 2.57. The molecule has 0 aliphatic heterocycles. The molecular weight excluding hydrogens is 196 g/mol. The minimum absolute atomic E-state index is 0.777. The molecule has 0 unspecified atom stereocenters. The molecule has 0 N–H and O–H groups in total. The third-order valence-corrected chi connectivity index (χ3v) is 6.36. The van der Waals surface area contributed by atoms with E-state index in [2.05, 4.69) is 56.6 Å². The SMILES string of the molecule is C=C(c1ccccc1)[C@H]1C[C@@H]1[Si](C)(C)C. The molecule has 0 radical (unpaired) electrons. The van der Waals surface area contributed by atoms with Gasteiger partial charge in [-0.3, -0.25) is 0 Å². The highest BCUT2D eigenvalue weighted by molar-refractivity contribution is 6.78. The zero-order valence-electron chi connectivity index (χ0n) is 9.96. The molecule has 0 nitrogen and oxygen atoms in total. The molecule has 1 aliphatic rings. The summed E-state index contributed by atoms with van der Waals surface area (Å²) < 4.78 is 0. The number of rotatable bonds is 3. The summed E-state index contributed by atoms with van der Waals surface area (Å²) in [6, 6.07) is 10.6. The first kappa shape index (κ1) is 10.7. The summed E-state index contributed by atoms with van der Waals surface area (Å²) in [5.41, 5.74) is 3.66. The summed E-state index contributed by atoms with van der Waals surface area (Å²) in [7, 11) is -0.943. The maximum absolute atomic E-state index is 4.27. The predicted molar refractivity (Wildman–Crippen MR) is 70.7 cm³/mol. The van der Waals surface area contributed by atoms with Crippen LogP contribution in [0.1, 0.15) is 12.0 Å². The van der Waals surface area contributed by atoms with Gasteiger partial charge in [-0.05, 0) is 29.0 Å². The number of benzene rings is 1. The molecule has 1 aromatic carbocycles. The molecule has 1 heteroatoms. The van der Waals surface area contributed by atoms with E-state index in [0.717, 1.165) is 11.5 Å². The van der Waals surface area contributed by atoms with Crippen molar-refractivity contribution in [2.75, 3.05) is 0 Å². The van der Waals surface area contributed by atoms with Gasteiger partial charge in [-0.15, -0.1) is 0 Å². The van der Waals surface area contributed by atoms with Gasteiger partial charge < -0.3 is 0 Å². The van der Waals surface area contributed by atoms with Crippen LogP contribution in [-0.4, -0.2) is 8.07 Å². The van der Waals surface area contributed by atoms with E-state index in [4.69, 9.17) is 0 Å². The van der Waals surface area contributed by atoms with E-state index in [1.54, 1.807) is 0 Å². The quantitative estimate of drug-likeness (QED) is 0.656. The minimum Gasteiger partial charge on any atom is -0.0950 e. The van der Waals surface area contributed by atoms with Crippen molar-refractivity contribution in [2.24, 2.45) is 5.92 Å². The Morgan fingerprint density at radius 2 is 1.80 bits per heavy atom. The van der Waals surface area contributed by atoms with Crippen LogP contribution in [0.3, 0.4) is 0 Å². The molecule has 15 heavy (non-hydrogen) atoms. The molecule has 0 bridgehead atoms. The zero-order valence-corrected chi connectivity index (χ0v) is 11.0. The lowest BCUT2D eigenvalue weighted by atomic mass is 10.0. The summed E-state index contributed by atoms with van der Waals surface area (Å²) >= 11 is 0. The van der Waals surface area contributed by atoms with Crippen LogP contribution in [0.5, 0.6) is 0 Å². The van der Waals surface area contributed by atoms with Gasteiger partial charge in [0.25, 0.3) is 0 Å². The fourth-order valence-corrected chi connectivity index (χ4v) is 4.77. The van der Waals surface area contributed by atoms with Gasteiger partial charge in [0.1, 0.15) is 0 Å². The van der Waals surface area contributed by atoms with Crippen molar-refractivity contribution in [2.45, 2.75) is 31.6 Å². The van der Waals surface area contributed by atoms with Crippen LogP contribution in [0, 0.1) is 5.92 Å². The summed E-state index contributed by atoms with van der Waals surface area (Å²) in [5.74, 6) is 0.777. The average Bonchev–Trinajstić information content (AvgIpc) is 2.97. The second kappa shape index (κ2) is 3.64. The van der Waals surface area contributed by atoms with Crippen molar-refractivity contribution < 1.29 is 0 Å². The lowest BCUT2D eigenvalue weighted by Gasteiger charge is -2.16. The highest BCUT2D eigenvalue weighted by atomic mass is 28.3. The number of hydrogen-bond acceptors (Lipinski definition) is 0. The zero-order chi connectivity index (χ0) is 11.1. The third-order valence-electron chi connectivity index (χ3n) is 3.49. The summed E-state index contributed by atoms with van der Waals surface area (Å²) in [6.07, 6.45) is 1.38. The van der Waals surface area contributed by atoms with Gasteiger partial charge in [0.05, 0.1) is 0 Å². The maximum Gasteiger partial charge on any atom is 0.0480 e. The van der Waals surface area contributed by atoms with E-state index in [1.807, 2.05) is 0 Å². The summed E-state index contributed by atoms with van der Waals surface area (Å²) in [4.78, 5) is 0. The van der Waals surface area contributed by atoms with E-state index in [-0.39, 0.29) is 0 Å². The number of allylic oxidation sites excluding steroid dienone is 1. The van der Waals surface area contributed by atoms with Crippen LogP contribution < -0.4 is 0 Å². The monoisotopic (exact) mass is 216 g/mol. The van der Waals surface area contributed by atoms with Crippen molar-refractivity contribution in [3.63, 3.8) is 0 Å². The van der Waals surface area contributed by atoms with Crippen molar-refractivity contribution in [1.82, 2.24) is 0 Å². The molecule has 0 amide bonds. The van der Waals surface area contributed by atoms with E-state index < -0.39 is 8.07 Å². The fourth-order valence-electron chi connectivity index (χ4n) is 2.40. The Bertz CT molecular complexity index is 359. The molecule has 1 aliphatic carbocycles. The summed E-state index contributed by atoms with van der Waals surface area (Å²) in [5, 5.41) is 0. The Morgan fingerprint density at radius 3 is 2.27 bits per heavy atom. The third kappa shape index (κ3) is 2.23. The van der Waals surface area contributed by atoms with Gasteiger partial charge in [0.15, 0.2) is 0 Å². The van der Waals surface area contributed by atoms with Crippen LogP contribution in [0.15, 0.2) is 36.9 Å². The molecule has 0 aromatic heterocycles. The van der Waals surface area contributed by atoms with Crippen LogP contribution in [0.25, 0.3) is 5.57 Å². The highest BCUT2D eigenvalue weighted by Gasteiger charge is 2.47. The van der Waals surface area contributed by atoms with Gasteiger partial charge in [0, 0.05) is 8.07 Å². The Kier molecular flexibility index (Phi) is 2.59. The molecule has 0 saturated heterocycles. The minimum atomic E-state index is -0.943. The van der Waals surface area contributed by atoms with Gasteiger partial charge >= 0.3 is 0 Å². The maximum atomic E-state index is 4.27. The molecule has 1 fully saturated rings. The van der Waals surface area contributed by atoms with Crippen molar-refractivity contribution in [3.05, 3.63) is 42.5 Å². The molecule has 2 rings (SSSR count). The summed E-state index contributed by atoms with van der Waals surface area (Å²) in [6.45, 7) is 11.7. The first-order chi connectivity index (χ1) is 7.00. The van der Waals surface area contributed by atoms with Crippen molar-refractivity contribution in [1.29, 1.82) is 0 Å². The first-order valence-corrected chi connectivity index (χ1v) is 9.32. The van der Waals surface area contributed by atoms with Gasteiger partial charge in [-0.2, -0.15) is 0 Å². The van der Waals surface area contributed by atoms with E-state index in [1.165, 1.54) is 17.6 Å². The van der Waals surface area contributed by atoms with Gasteiger partial charge in [-0.25, -0.2) is 0 Å². The standard InChI is InChI=1S/C14H20Si/c1-11(12-8-6-5-7-9-12)13-10-14(13)15(2,3)4/h5-9,13-14H,1,10H2,2-4H3/t13-,14+/m1/s1. The average molecular weight is 216 g/mol. The predicted octanol–water partition coefficient (Wildman–Crippen LogP) is 4.43. The molecular formula is C14H20Si. The van der Waals surface area contributed by atoms with E-state index >= 15 is 0 Å². The molecule has 0 heterocycles. The van der Waals surface area contributed by atoms with Crippen LogP contribution in [0.4, 0.5) is 0 Å². The van der Waals surface area contributed by atoms with Gasteiger partial charge in [-0.1, -0.05) is 56.6 Å². The first-order valence-electron chi connectivity index (χ1n) is 5.74. The molecule has 0 spiro atoms. The van der Waals surface area contributed by atoms with Gasteiger partial charge in [0.2, 0.25) is 0 Å². The van der Waals surface area contributed by atoms with E-state index in [9.17, 15) is 0 Å². The largest absolute Gasteiger partial charge is 0.0950 e. The second-order valence-electron chi connectivity index (χ2n) is 5.71. The van der Waals surface area contributed by atoms with Crippen LogP contribution in [0.2, 0.25) is 25.2 Å². The molecule has 1 saturated carbocycles. The Morgan fingerprint density at radius 1 is 1.20 bits per heavy atom. The lowest BCUT2D eigenvalue weighted by Crippen LogP contribution is -2.20. The van der Waals surface area contributed by atoms with E-state index in [0.29, 0.717) is 0 Å².